The minimum atomic E-state index is -0.198. The second-order valence-corrected chi connectivity index (χ2v) is 7.25. The SMILES string of the molecule is CN=C(NCCc1c[nH]c2ccc(F)cc12)NCC(C)CN1CCCC1. The molecule has 1 fully saturated rings. The third kappa shape index (κ3) is 4.97. The molecule has 1 atom stereocenters. The topological polar surface area (TPSA) is 55.5 Å². The molecule has 1 aliphatic heterocycles. The maximum atomic E-state index is 13.5. The molecule has 1 aliphatic rings. The van der Waals surface area contributed by atoms with Crippen LogP contribution in [0.3, 0.4) is 0 Å². The van der Waals surface area contributed by atoms with Crippen LogP contribution in [0.2, 0.25) is 0 Å². The number of likely N-dealkylation sites (tertiary alicyclic amines) is 1. The van der Waals surface area contributed by atoms with E-state index in [0.717, 1.165) is 48.5 Å². The van der Waals surface area contributed by atoms with Crippen LogP contribution in [0, 0.1) is 11.7 Å². The van der Waals surface area contributed by atoms with Crippen LogP contribution in [0.4, 0.5) is 4.39 Å². The summed E-state index contributed by atoms with van der Waals surface area (Å²) in [6.45, 7) is 7.56. The van der Waals surface area contributed by atoms with E-state index in [0.29, 0.717) is 5.92 Å². The maximum Gasteiger partial charge on any atom is 0.190 e. The fourth-order valence-corrected chi connectivity index (χ4v) is 3.64. The van der Waals surface area contributed by atoms with E-state index in [4.69, 9.17) is 0 Å². The summed E-state index contributed by atoms with van der Waals surface area (Å²) in [5, 5.41) is 7.72. The van der Waals surface area contributed by atoms with Crippen LogP contribution >= 0.6 is 0 Å². The maximum absolute atomic E-state index is 13.5. The van der Waals surface area contributed by atoms with E-state index in [9.17, 15) is 4.39 Å². The van der Waals surface area contributed by atoms with E-state index in [-0.39, 0.29) is 5.82 Å². The van der Waals surface area contributed by atoms with Crippen molar-refractivity contribution >= 4 is 16.9 Å². The van der Waals surface area contributed by atoms with Crippen molar-refractivity contribution in [2.24, 2.45) is 10.9 Å². The lowest BCUT2D eigenvalue weighted by Gasteiger charge is -2.21. The van der Waals surface area contributed by atoms with Gasteiger partial charge in [-0.05, 0) is 62.0 Å². The number of guanidine groups is 1. The summed E-state index contributed by atoms with van der Waals surface area (Å²) in [6.07, 6.45) is 5.44. The molecule has 5 nitrogen and oxygen atoms in total. The Bertz CT molecular complexity index is 733. The third-order valence-corrected chi connectivity index (χ3v) is 5.03. The molecule has 0 spiro atoms. The number of hydrogen-bond acceptors (Lipinski definition) is 2. The van der Waals surface area contributed by atoms with E-state index >= 15 is 0 Å². The number of aromatic amines is 1. The van der Waals surface area contributed by atoms with Gasteiger partial charge in [0.25, 0.3) is 0 Å². The highest BCUT2D eigenvalue weighted by molar-refractivity contribution is 5.83. The average molecular weight is 359 g/mol. The number of rotatable bonds is 7. The van der Waals surface area contributed by atoms with Crippen molar-refractivity contribution in [1.29, 1.82) is 0 Å². The van der Waals surface area contributed by atoms with Crippen LogP contribution in [0.1, 0.15) is 25.3 Å². The minimum Gasteiger partial charge on any atom is -0.361 e. The summed E-state index contributed by atoms with van der Waals surface area (Å²) in [6, 6.07) is 4.86. The Hall–Kier alpha value is -2.08. The van der Waals surface area contributed by atoms with Crippen LogP contribution < -0.4 is 10.6 Å². The molecule has 6 heteroatoms. The van der Waals surface area contributed by atoms with E-state index < -0.39 is 0 Å². The van der Waals surface area contributed by atoms with Crippen molar-refractivity contribution in [3.63, 3.8) is 0 Å². The largest absolute Gasteiger partial charge is 0.361 e. The molecule has 26 heavy (non-hydrogen) atoms. The summed E-state index contributed by atoms with van der Waals surface area (Å²) >= 11 is 0. The molecule has 1 saturated heterocycles. The summed E-state index contributed by atoms with van der Waals surface area (Å²) < 4.78 is 13.5. The van der Waals surface area contributed by atoms with Crippen molar-refractivity contribution in [2.75, 3.05) is 39.8 Å². The average Bonchev–Trinajstić information content (AvgIpc) is 3.27. The first-order valence-electron chi connectivity index (χ1n) is 9.58. The Morgan fingerprint density at radius 2 is 2.12 bits per heavy atom. The number of H-pyrrole nitrogens is 1. The third-order valence-electron chi connectivity index (χ3n) is 5.03. The van der Waals surface area contributed by atoms with Crippen LogP contribution in [-0.2, 0) is 6.42 Å². The monoisotopic (exact) mass is 359 g/mol. The number of aromatic nitrogens is 1. The van der Waals surface area contributed by atoms with Crippen molar-refractivity contribution in [2.45, 2.75) is 26.2 Å². The van der Waals surface area contributed by atoms with Gasteiger partial charge >= 0.3 is 0 Å². The minimum absolute atomic E-state index is 0.198. The highest BCUT2D eigenvalue weighted by Crippen LogP contribution is 2.19. The van der Waals surface area contributed by atoms with Crippen LogP contribution in [-0.4, -0.2) is 55.6 Å². The van der Waals surface area contributed by atoms with Gasteiger partial charge < -0.3 is 20.5 Å². The van der Waals surface area contributed by atoms with Crippen molar-refractivity contribution in [1.82, 2.24) is 20.5 Å². The van der Waals surface area contributed by atoms with E-state index in [2.05, 4.69) is 32.4 Å². The summed E-state index contributed by atoms with van der Waals surface area (Å²) in [7, 11) is 1.79. The Kier molecular flexibility index (Phi) is 6.50. The van der Waals surface area contributed by atoms with Gasteiger partial charge in [0.1, 0.15) is 5.82 Å². The molecule has 2 heterocycles. The Morgan fingerprint density at radius 3 is 2.88 bits per heavy atom. The van der Waals surface area contributed by atoms with Gasteiger partial charge in [-0.15, -0.1) is 0 Å². The fraction of sp³-hybridized carbons (Fsp3) is 0.550. The first kappa shape index (κ1) is 18.7. The Balaban J connectivity index is 1.42. The van der Waals surface area contributed by atoms with E-state index in [1.165, 1.54) is 32.0 Å². The molecule has 0 amide bonds. The summed E-state index contributed by atoms with van der Waals surface area (Å²) in [4.78, 5) is 10.0. The molecule has 1 aromatic carbocycles. The molecule has 0 radical (unpaired) electrons. The molecular weight excluding hydrogens is 329 g/mol. The molecule has 3 rings (SSSR count). The normalized spacial score (nSPS) is 17.0. The van der Waals surface area contributed by atoms with Gasteiger partial charge in [0, 0.05) is 43.8 Å². The Labute approximate surface area is 155 Å². The zero-order chi connectivity index (χ0) is 18.4. The lowest BCUT2D eigenvalue weighted by atomic mass is 10.1. The molecule has 0 aliphatic carbocycles. The van der Waals surface area contributed by atoms with Crippen LogP contribution in [0.25, 0.3) is 10.9 Å². The molecule has 1 unspecified atom stereocenters. The van der Waals surface area contributed by atoms with Crippen molar-refractivity contribution in [3.8, 4) is 0 Å². The molecule has 2 aromatic rings. The van der Waals surface area contributed by atoms with Crippen LogP contribution in [0.15, 0.2) is 29.4 Å². The molecule has 0 bridgehead atoms. The predicted molar refractivity (Wildman–Crippen MR) is 106 cm³/mol. The van der Waals surface area contributed by atoms with Gasteiger partial charge in [0.05, 0.1) is 0 Å². The van der Waals surface area contributed by atoms with Gasteiger partial charge in [0.15, 0.2) is 5.96 Å². The second-order valence-electron chi connectivity index (χ2n) is 7.25. The quantitative estimate of drug-likeness (QED) is 0.526. The van der Waals surface area contributed by atoms with Gasteiger partial charge in [-0.2, -0.15) is 0 Å². The van der Waals surface area contributed by atoms with Crippen molar-refractivity contribution in [3.05, 3.63) is 35.8 Å². The highest BCUT2D eigenvalue weighted by Gasteiger charge is 2.14. The lowest BCUT2D eigenvalue weighted by molar-refractivity contribution is 0.287. The number of halogens is 1. The first-order chi connectivity index (χ1) is 12.7. The number of nitrogens with one attached hydrogen (secondary N) is 3. The van der Waals surface area contributed by atoms with E-state index in [1.54, 1.807) is 19.2 Å². The van der Waals surface area contributed by atoms with Gasteiger partial charge in [-0.1, -0.05) is 6.92 Å². The second kappa shape index (κ2) is 9.03. The van der Waals surface area contributed by atoms with Crippen molar-refractivity contribution < 1.29 is 4.39 Å². The molecule has 1 aromatic heterocycles. The fourth-order valence-electron chi connectivity index (χ4n) is 3.64. The first-order valence-corrected chi connectivity index (χ1v) is 9.58. The number of benzene rings is 1. The number of nitrogens with zero attached hydrogens (tertiary/aromatic N) is 2. The standard InChI is InChI=1S/C20H30FN5/c1-15(14-26-9-3-4-10-26)12-25-20(22-2)23-8-7-16-13-24-19-6-5-17(21)11-18(16)19/h5-6,11,13,15,24H,3-4,7-10,12,14H2,1-2H3,(H2,22,23,25). The molecule has 3 N–H and O–H groups in total. The van der Waals surface area contributed by atoms with Gasteiger partial charge in [-0.3, -0.25) is 4.99 Å². The van der Waals surface area contributed by atoms with Gasteiger partial charge in [-0.25, -0.2) is 4.39 Å². The Morgan fingerprint density at radius 1 is 1.31 bits per heavy atom. The van der Waals surface area contributed by atoms with Crippen LogP contribution in [0.5, 0.6) is 0 Å². The zero-order valence-electron chi connectivity index (χ0n) is 15.8. The predicted octanol–water partition coefficient (Wildman–Crippen LogP) is 2.75. The smallest absolute Gasteiger partial charge is 0.190 e. The summed E-state index contributed by atoms with van der Waals surface area (Å²) in [5.41, 5.74) is 2.09. The number of hydrogen-bond donors (Lipinski definition) is 3. The molecule has 142 valence electrons. The zero-order valence-corrected chi connectivity index (χ0v) is 15.8. The molecule has 0 saturated carbocycles. The highest BCUT2D eigenvalue weighted by atomic mass is 19.1. The molecular formula is C20H30FN5. The lowest BCUT2D eigenvalue weighted by Crippen LogP contribution is -2.42. The number of aliphatic imine (C=N–C) groups is 1. The summed E-state index contributed by atoms with van der Waals surface area (Å²) in [5.74, 6) is 1.21. The number of fused-ring (bicyclic) bond motifs is 1. The van der Waals surface area contributed by atoms with E-state index in [1.807, 2.05) is 6.20 Å². The van der Waals surface area contributed by atoms with Gasteiger partial charge in [0.2, 0.25) is 0 Å².